The predicted octanol–water partition coefficient (Wildman–Crippen LogP) is 5.79. The molecule has 1 atom stereocenters. The van der Waals surface area contributed by atoms with Gasteiger partial charge in [0.25, 0.3) is 0 Å². The van der Waals surface area contributed by atoms with Crippen molar-refractivity contribution < 1.29 is 4.74 Å². The molecular weight excluding hydrogens is 344 g/mol. The van der Waals surface area contributed by atoms with Crippen LogP contribution in [-0.4, -0.2) is 7.11 Å². The average molecular weight is 360 g/mol. The van der Waals surface area contributed by atoms with Crippen molar-refractivity contribution in [2.75, 3.05) is 7.11 Å². The third kappa shape index (κ3) is 3.98. The van der Waals surface area contributed by atoms with E-state index < -0.39 is 0 Å². The molecule has 0 bridgehead atoms. The number of hydrogen-bond donors (Lipinski definition) is 0. The average Bonchev–Trinajstić information content (AvgIpc) is 2.77. The second kappa shape index (κ2) is 6.78. The van der Waals surface area contributed by atoms with Crippen LogP contribution in [0.4, 0.5) is 0 Å². The molecule has 19 heavy (non-hydrogen) atoms. The van der Waals surface area contributed by atoms with Gasteiger partial charge in [0, 0.05) is 9.70 Å². The van der Waals surface area contributed by atoms with E-state index in [9.17, 15) is 0 Å². The highest BCUT2D eigenvalue weighted by molar-refractivity contribution is 9.09. The van der Waals surface area contributed by atoms with Gasteiger partial charge in [-0.3, -0.25) is 0 Å². The zero-order valence-corrected chi connectivity index (χ0v) is 14.1. The van der Waals surface area contributed by atoms with Crippen LogP contribution < -0.4 is 4.74 Å². The van der Waals surface area contributed by atoms with Crippen LogP contribution in [0.15, 0.2) is 30.3 Å². The van der Waals surface area contributed by atoms with E-state index in [-0.39, 0.29) is 0 Å². The molecule has 0 aliphatic rings. The lowest BCUT2D eigenvalue weighted by Crippen LogP contribution is -1.92. The van der Waals surface area contributed by atoms with Crippen molar-refractivity contribution in [1.82, 2.24) is 0 Å². The largest absolute Gasteiger partial charge is 0.497 e. The number of benzene rings is 1. The van der Waals surface area contributed by atoms with Crippen molar-refractivity contribution in [3.8, 4) is 5.75 Å². The van der Waals surface area contributed by atoms with Gasteiger partial charge in [-0.2, -0.15) is 0 Å². The third-order valence-electron chi connectivity index (χ3n) is 3.03. The lowest BCUT2D eigenvalue weighted by molar-refractivity contribution is 0.414. The van der Waals surface area contributed by atoms with E-state index in [1.165, 1.54) is 10.4 Å². The monoisotopic (exact) mass is 358 g/mol. The Kier molecular flexibility index (Phi) is 5.31. The van der Waals surface area contributed by atoms with Crippen LogP contribution in [-0.2, 0) is 6.42 Å². The van der Waals surface area contributed by atoms with Crippen LogP contribution in [0.5, 0.6) is 5.75 Å². The van der Waals surface area contributed by atoms with E-state index in [0.29, 0.717) is 4.83 Å². The highest BCUT2D eigenvalue weighted by atomic mass is 79.9. The fourth-order valence-electron chi connectivity index (χ4n) is 1.87. The van der Waals surface area contributed by atoms with Crippen LogP contribution in [0, 0.1) is 6.92 Å². The first-order valence-electron chi connectivity index (χ1n) is 6.13. The maximum absolute atomic E-state index is 6.11. The van der Waals surface area contributed by atoms with Crippen LogP contribution in [0.2, 0.25) is 4.34 Å². The summed E-state index contributed by atoms with van der Waals surface area (Å²) in [6.07, 6.45) is 2.09. The van der Waals surface area contributed by atoms with Gasteiger partial charge in [-0.15, -0.1) is 11.3 Å². The lowest BCUT2D eigenvalue weighted by atomic mass is 10.1. The molecule has 2 aromatic rings. The number of aryl methyl sites for hydroxylation is 2. The van der Waals surface area contributed by atoms with Gasteiger partial charge < -0.3 is 4.74 Å². The fraction of sp³-hybridized carbons (Fsp3) is 0.333. The van der Waals surface area contributed by atoms with Gasteiger partial charge in [0.05, 0.1) is 11.4 Å². The van der Waals surface area contributed by atoms with E-state index in [1.54, 1.807) is 18.4 Å². The lowest BCUT2D eigenvalue weighted by Gasteiger charge is -2.08. The molecule has 0 amide bonds. The molecule has 0 N–H and O–H groups in total. The van der Waals surface area contributed by atoms with E-state index in [4.69, 9.17) is 16.3 Å². The van der Waals surface area contributed by atoms with Crippen molar-refractivity contribution in [3.63, 3.8) is 0 Å². The number of methoxy groups -OCH3 is 1. The van der Waals surface area contributed by atoms with E-state index in [2.05, 4.69) is 34.1 Å². The molecule has 0 aliphatic carbocycles. The Morgan fingerprint density at radius 1 is 1.32 bits per heavy atom. The first-order valence-corrected chi connectivity index (χ1v) is 8.24. The van der Waals surface area contributed by atoms with Gasteiger partial charge in [0.2, 0.25) is 0 Å². The van der Waals surface area contributed by atoms with Crippen molar-refractivity contribution in [1.29, 1.82) is 0 Å². The Hall–Kier alpha value is -0.510. The Morgan fingerprint density at radius 2 is 2.00 bits per heavy atom. The number of hydrogen-bond acceptors (Lipinski definition) is 2. The summed E-state index contributed by atoms with van der Waals surface area (Å²) in [6.45, 7) is 2.05. The number of ether oxygens (including phenoxy) is 1. The normalized spacial score (nSPS) is 12.4. The molecule has 0 spiro atoms. The summed E-state index contributed by atoms with van der Waals surface area (Å²) >= 11 is 11.5. The molecule has 0 radical (unpaired) electrons. The van der Waals surface area contributed by atoms with E-state index in [1.807, 2.05) is 19.1 Å². The van der Waals surface area contributed by atoms with Crippen LogP contribution in [0.3, 0.4) is 0 Å². The minimum absolute atomic E-state index is 0.366. The smallest absolute Gasteiger partial charge is 0.118 e. The van der Waals surface area contributed by atoms with Gasteiger partial charge in [-0.05, 0) is 49.1 Å². The van der Waals surface area contributed by atoms with Crippen molar-refractivity contribution in [2.45, 2.75) is 24.6 Å². The van der Waals surface area contributed by atoms with Gasteiger partial charge in [0.1, 0.15) is 5.75 Å². The van der Waals surface area contributed by atoms with Crippen molar-refractivity contribution >= 4 is 38.9 Å². The molecular formula is C15H16BrClOS. The number of thiophene rings is 1. The summed E-state index contributed by atoms with van der Waals surface area (Å²) in [5.74, 6) is 0.903. The third-order valence-corrected chi connectivity index (χ3v) is 5.95. The summed E-state index contributed by atoms with van der Waals surface area (Å²) in [6, 6.07) is 10.4. The minimum Gasteiger partial charge on any atom is -0.497 e. The summed E-state index contributed by atoms with van der Waals surface area (Å²) in [4.78, 5) is 1.67. The fourth-order valence-corrected chi connectivity index (χ4v) is 3.74. The Balaban J connectivity index is 1.94. The standard InChI is InChI=1S/C15H16BrClOS/c1-10-9-14(19-15(10)17)13(16)8-5-11-3-6-12(18-2)7-4-11/h3-4,6-7,9,13H,5,8H2,1-2H3. The SMILES string of the molecule is COc1ccc(CCC(Br)c2cc(C)c(Cl)s2)cc1. The van der Waals surface area contributed by atoms with E-state index in [0.717, 1.165) is 28.5 Å². The van der Waals surface area contributed by atoms with Gasteiger partial charge in [-0.25, -0.2) is 0 Å². The molecule has 0 saturated heterocycles. The molecule has 102 valence electrons. The topological polar surface area (TPSA) is 9.23 Å². The summed E-state index contributed by atoms with van der Waals surface area (Å²) < 4.78 is 6.05. The van der Waals surface area contributed by atoms with Crippen molar-refractivity contribution in [2.24, 2.45) is 0 Å². The minimum atomic E-state index is 0.366. The first-order chi connectivity index (χ1) is 9.10. The van der Waals surface area contributed by atoms with Gasteiger partial charge in [0.15, 0.2) is 0 Å². The molecule has 0 fully saturated rings. The number of alkyl halides is 1. The first kappa shape index (κ1) is 14.9. The zero-order chi connectivity index (χ0) is 13.8. The van der Waals surface area contributed by atoms with Crippen LogP contribution in [0.25, 0.3) is 0 Å². The molecule has 1 unspecified atom stereocenters. The molecule has 0 saturated carbocycles. The quantitative estimate of drug-likeness (QED) is 0.614. The molecule has 0 aliphatic heterocycles. The van der Waals surface area contributed by atoms with Crippen LogP contribution >= 0.6 is 38.9 Å². The second-order valence-corrected chi connectivity index (χ2v) is 7.25. The molecule has 1 aromatic heterocycles. The molecule has 2 rings (SSSR count). The number of rotatable bonds is 5. The summed E-state index contributed by atoms with van der Waals surface area (Å²) in [5.41, 5.74) is 2.49. The van der Waals surface area contributed by atoms with Crippen molar-refractivity contribution in [3.05, 3.63) is 50.7 Å². The Bertz CT molecular complexity index is 516. The maximum Gasteiger partial charge on any atom is 0.118 e. The molecule has 1 aromatic carbocycles. The highest BCUT2D eigenvalue weighted by Gasteiger charge is 2.12. The molecule has 4 heteroatoms. The highest BCUT2D eigenvalue weighted by Crippen LogP contribution is 2.37. The second-order valence-electron chi connectivity index (χ2n) is 4.46. The summed E-state index contributed by atoms with van der Waals surface area (Å²) in [7, 11) is 1.69. The van der Waals surface area contributed by atoms with E-state index >= 15 is 0 Å². The summed E-state index contributed by atoms with van der Waals surface area (Å²) in [5, 5.41) is 0. The maximum atomic E-state index is 6.11. The molecule has 1 nitrogen and oxygen atoms in total. The van der Waals surface area contributed by atoms with Gasteiger partial charge in [-0.1, -0.05) is 39.7 Å². The van der Waals surface area contributed by atoms with Crippen LogP contribution in [0.1, 0.15) is 27.3 Å². The molecule has 1 heterocycles. The van der Waals surface area contributed by atoms with Gasteiger partial charge >= 0.3 is 0 Å². The Labute approximate surface area is 131 Å². The Morgan fingerprint density at radius 3 is 2.53 bits per heavy atom. The predicted molar refractivity (Wildman–Crippen MR) is 87.0 cm³/mol. The number of halogens is 2. The zero-order valence-electron chi connectivity index (χ0n) is 11.0.